The summed E-state index contributed by atoms with van der Waals surface area (Å²) in [5.74, 6) is -0.210. The van der Waals surface area contributed by atoms with Gasteiger partial charge in [0.05, 0.1) is 23.6 Å². The third-order valence-electron chi connectivity index (χ3n) is 6.01. The molecule has 2 N–H and O–H groups in total. The predicted molar refractivity (Wildman–Crippen MR) is 119 cm³/mol. The molecular weight excluding hydrogens is 398 g/mol. The third-order valence-corrected chi connectivity index (χ3v) is 6.33. The summed E-state index contributed by atoms with van der Waals surface area (Å²) >= 11 is 5.41. The molecule has 0 radical (unpaired) electrons. The average molecular weight is 422 g/mol. The van der Waals surface area contributed by atoms with Gasteiger partial charge >= 0.3 is 0 Å². The van der Waals surface area contributed by atoms with Crippen LogP contribution in [0.1, 0.15) is 40.7 Å². The Hall–Kier alpha value is -2.77. The van der Waals surface area contributed by atoms with Crippen LogP contribution in [-0.4, -0.2) is 28.2 Å². The van der Waals surface area contributed by atoms with Gasteiger partial charge in [-0.1, -0.05) is 6.07 Å². The molecule has 2 aromatic carbocycles. The molecule has 1 saturated heterocycles. The molecule has 1 atom stereocenters. The lowest BCUT2D eigenvalue weighted by Gasteiger charge is -2.13. The van der Waals surface area contributed by atoms with E-state index in [0.717, 1.165) is 38.0 Å². The number of rotatable bonds is 4. The Kier molecular flexibility index (Phi) is 5.00. The van der Waals surface area contributed by atoms with Crippen molar-refractivity contribution in [2.75, 3.05) is 11.9 Å². The molecule has 1 aliphatic heterocycles. The average Bonchev–Trinajstić information content (AvgIpc) is 3.42. The van der Waals surface area contributed by atoms with Gasteiger partial charge in [0.15, 0.2) is 4.77 Å². The molecule has 2 heterocycles. The van der Waals surface area contributed by atoms with Crippen molar-refractivity contribution in [1.82, 2.24) is 9.55 Å². The molecule has 1 aromatic heterocycles. The molecule has 0 spiro atoms. The van der Waals surface area contributed by atoms with Crippen LogP contribution in [0.2, 0.25) is 0 Å². The number of aromatic nitrogens is 2. The first-order valence-corrected chi connectivity index (χ1v) is 10.8. The van der Waals surface area contributed by atoms with E-state index in [9.17, 15) is 9.59 Å². The van der Waals surface area contributed by atoms with E-state index in [-0.39, 0.29) is 17.6 Å². The summed E-state index contributed by atoms with van der Waals surface area (Å²) in [6.45, 7) is 1.18. The minimum Gasteiger partial charge on any atom is -0.376 e. The Morgan fingerprint density at radius 3 is 2.87 bits per heavy atom. The number of H-pyrrole nitrogens is 1. The van der Waals surface area contributed by atoms with Crippen molar-refractivity contribution in [2.24, 2.45) is 0 Å². The lowest BCUT2D eigenvalue weighted by Crippen LogP contribution is -2.28. The van der Waals surface area contributed by atoms with Gasteiger partial charge in [0, 0.05) is 17.9 Å². The zero-order valence-corrected chi connectivity index (χ0v) is 17.4. The zero-order chi connectivity index (χ0) is 20.7. The number of amides is 1. The van der Waals surface area contributed by atoms with Gasteiger partial charge in [-0.25, -0.2) is 0 Å². The van der Waals surface area contributed by atoms with Crippen LogP contribution in [0.25, 0.3) is 10.9 Å². The van der Waals surface area contributed by atoms with E-state index in [1.165, 1.54) is 17.5 Å². The van der Waals surface area contributed by atoms with Gasteiger partial charge in [-0.3, -0.25) is 14.2 Å². The van der Waals surface area contributed by atoms with Gasteiger partial charge in [0.25, 0.3) is 11.5 Å². The maximum absolute atomic E-state index is 12.9. The highest BCUT2D eigenvalue weighted by molar-refractivity contribution is 7.71. The fourth-order valence-electron chi connectivity index (χ4n) is 4.41. The van der Waals surface area contributed by atoms with Crippen molar-refractivity contribution >= 4 is 34.7 Å². The minimum absolute atomic E-state index is 0.0209. The topological polar surface area (TPSA) is 76.1 Å². The number of aryl methyl sites for hydroxylation is 2. The number of fused-ring (bicyclic) bond motifs is 2. The van der Waals surface area contributed by atoms with Crippen molar-refractivity contribution in [1.29, 1.82) is 0 Å². The first-order chi connectivity index (χ1) is 14.6. The first-order valence-electron chi connectivity index (χ1n) is 10.4. The van der Waals surface area contributed by atoms with E-state index < -0.39 is 0 Å². The number of carbonyl (C=O) groups is 1. The Morgan fingerprint density at radius 1 is 1.17 bits per heavy atom. The number of nitrogens with zero attached hydrogens (tertiary/aromatic N) is 1. The molecule has 2 aliphatic rings. The summed E-state index contributed by atoms with van der Waals surface area (Å²) in [4.78, 5) is 28.8. The highest BCUT2D eigenvalue weighted by atomic mass is 32.1. The van der Waals surface area contributed by atoms with E-state index in [1.54, 1.807) is 22.8 Å². The SMILES string of the molecule is O=C(Nc1ccc2c(c1)CCC2)c1ccc2c(=O)n(C[C@@H]3CCCO3)c(=S)[nH]c2c1. The van der Waals surface area contributed by atoms with Gasteiger partial charge in [0.2, 0.25) is 0 Å². The molecule has 1 amide bonds. The number of aromatic amines is 1. The highest BCUT2D eigenvalue weighted by Crippen LogP contribution is 2.25. The Labute approximate surface area is 178 Å². The van der Waals surface area contributed by atoms with Crippen LogP contribution >= 0.6 is 12.2 Å². The molecule has 3 aromatic rings. The number of nitrogens with one attached hydrogen (secondary N) is 2. The second-order valence-electron chi connectivity index (χ2n) is 8.03. The third kappa shape index (κ3) is 3.59. The van der Waals surface area contributed by atoms with Gasteiger partial charge < -0.3 is 15.0 Å². The van der Waals surface area contributed by atoms with Gasteiger partial charge in [-0.15, -0.1) is 0 Å². The molecule has 7 heteroatoms. The van der Waals surface area contributed by atoms with E-state index in [2.05, 4.69) is 22.4 Å². The van der Waals surface area contributed by atoms with Gasteiger partial charge in [-0.2, -0.15) is 0 Å². The molecule has 6 nitrogen and oxygen atoms in total. The van der Waals surface area contributed by atoms with Crippen molar-refractivity contribution < 1.29 is 9.53 Å². The van der Waals surface area contributed by atoms with Gasteiger partial charge in [0.1, 0.15) is 0 Å². The molecule has 5 rings (SSSR count). The summed E-state index contributed by atoms with van der Waals surface area (Å²) in [6.07, 6.45) is 5.29. The number of ether oxygens (including phenoxy) is 1. The van der Waals surface area contributed by atoms with Crippen LogP contribution in [0, 0.1) is 4.77 Å². The van der Waals surface area contributed by atoms with Gasteiger partial charge in [-0.05, 0) is 85.8 Å². The minimum atomic E-state index is -0.210. The molecule has 30 heavy (non-hydrogen) atoms. The number of carbonyl (C=O) groups excluding carboxylic acids is 1. The summed E-state index contributed by atoms with van der Waals surface area (Å²) in [5, 5.41) is 3.47. The van der Waals surface area contributed by atoms with Crippen LogP contribution in [0.5, 0.6) is 0 Å². The molecule has 0 unspecified atom stereocenters. The van der Waals surface area contributed by atoms with Crippen LogP contribution < -0.4 is 10.9 Å². The quantitative estimate of drug-likeness (QED) is 0.625. The molecule has 0 saturated carbocycles. The van der Waals surface area contributed by atoms with E-state index >= 15 is 0 Å². The Morgan fingerprint density at radius 2 is 2.03 bits per heavy atom. The van der Waals surface area contributed by atoms with E-state index in [4.69, 9.17) is 17.0 Å². The standard InChI is InChI=1S/C23H23N3O3S/c27-21(24-17-8-6-14-3-1-4-15(14)11-17)16-7-9-19-20(12-16)25-23(30)26(22(19)28)13-18-5-2-10-29-18/h6-9,11-12,18H,1-5,10,13H2,(H,24,27)(H,25,30)/t18-/m0/s1. The highest BCUT2D eigenvalue weighted by Gasteiger charge is 2.19. The maximum atomic E-state index is 12.9. The number of hydrogen-bond donors (Lipinski definition) is 2. The smallest absolute Gasteiger partial charge is 0.262 e. The van der Waals surface area contributed by atoms with Crippen molar-refractivity contribution in [3.63, 3.8) is 0 Å². The lowest BCUT2D eigenvalue weighted by atomic mass is 10.1. The second-order valence-corrected chi connectivity index (χ2v) is 8.42. The molecule has 0 bridgehead atoms. The van der Waals surface area contributed by atoms with Crippen molar-refractivity contribution in [3.8, 4) is 0 Å². The Balaban J connectivity index is 1.42. The molecule has 1 aliphatic carbocycles. The number of benzene rings is 2. The monoisotopic (exact) mass is 421 g/mol. The first kappa shape index (κ1) is 19.2. The lowest BCUT2D eigenvalue weighted by molar-refractivity contribution is 0.0957. The molecule has 1 fully saturated rings. The second kappa shape index (κ2) is 7.81. The van der Waals surface area contributed by atoms with Crippen LogP contribution in [0.3, 0.4) is 0 Å². The molecular formula is C23H23N3O3S. The fraction of sp³-hybridized carbons (Fsp3) is 0.348. The maximum Gasteiger partial charge on any atom is 0.262 e. The normalized spacial score (nSPS) is 17.9. The van der Waals surface area contributed by atoms with Crippen LogP contribution in [0.4, 0.5) is 5.69 Å². The summed E-state index contributed by atoms with van der Waals surface area (Å²) in [6, 6.07) is 11.1. The van der Waals surface area contributed by atoms with Crippen molar-refractivity contribution in [3.05, 3.63) is 68.2 Å². The zero-order valence-electron chi connectivity index (χ0n) is 16.6. The van der Waals surface area contributed by atoms with E-state index in [0.29, 0.717) is 27.8 Å². The van der Waals surface area contributed by atoms with Crippen LogP contribution in [-0.2, 0) is 24.1 Å². The molecule has 154 valence electrons. The number of hydrogen-bond acceptors (Lipinski definition) is 4. The summed E-state index contributed by atoms with van der Waals surface area (Å²) < 4.78 is 7.54. The predicted octanol–water partition coefficient (Wildman–Crippen LogP) is 3.98. The summed E-state index contributed by atoms with van der Waals surface area (Å²) in [7, 11) is 0. The van der Waals surface area contributed by atoms with E-state index in [1.807, 2.05) is 6.07 Å². The van der Waals surface area contributed by atoms with Crippen molar-refractivity contribution in [2.45, 2.75) is 44.8 Å². The largest absolute Gasteiger partial charge is 0.376 e. The fourth-order valence-corrected chi connectivity index (χ4v) is 4.67. The Bertz CT molecular complexity index is 1250. The van der Waals surface area contributed by atoms with Crippen LogP contribution in [0.15, 0.2) is 41.2 Å². The summed E-state index contributed by atoms with van der Waals surface area (Å²) in [5.41, 5.74) is 4.35. The number of anilines is 1.